The fraction of sp³-hybridized carbons (Fsp3) is 0.235. The van der Waals surface area contributed by atoms with Crippen LogP contribution in [0.15, 0.2) is 35.7 Å². The van der Waals surface area contributed by atoms with Crippen LogP contribution in [-0.2, 0) is 13.0 Å². The molecule has 0 aliphatic carbocycles. The monoisotopic (exact) mass is 297 g/mol. The second kappa shape index (κ2) is 8.11. The van der Waals surface area contributed by atoms with Crippen molar-refractivity contribution in [1.29, 1.82) is 5.26 Å². The number of nitrogens with zero attached hydrogens (tertiary/aromatic N) is 1. The van der Waals surface area contributed by atoms with E-state index < -0.39 is 0 Å². The fourth-order valence-electron chi connectivity index (χ4n) is 1.72. The molecule has 0 saturated carbocycles. The number of aliphatic hydroxyl groups is 1. The fourth-order valence-corrected chi connectivity index (χ4v) is 2.46. The molecule has 0 aliphatic rings. The highest BCUT2D eigenvalue weighted by Crippen LogP contribution is 2.20. The zero-order valence-corrected chi connectivity index (χ0v) is 12.3. The molecule has 0 radical (unpaired) electrons. The van der Waals surface area contributed by atoms with Crippen molar-refractivity contribution >= 4 is 11.3 Å². The highest BCUT2D eigenvalue weighted by atomic mass is 32.1. The number of rotatable bonds is 5. The largest absolute Gasteiger partial charge is 0.488 e. The number of hydrogen-bond donors (Lipinski definition) is 1. The van der Waals surface area contributed by atoms with Gasteiger partial charge in [0, 0.05) is 12.0 Å². The summed E-state index contributed by atoms with van der Waals surface area (Å²) in [5.41, 5.74) is 1.94. The van der Waals surface area contributed by atoms with Crippen molar-refractivity contribution in [2.24, 2.45) is 0 Å². The van der Waals surface area contributed by atoms with Gasteiger partial charge in [-0.1, -0.05) is 24.0 Å². The van der Waals surface area contributed by atoms with E-state index in [4.69, 9.17) is 15.1 Å². The average Bonchev–Trinajstić information content (AvgIpc) is 2.95. The number of thiophene rings is 1. The molecule has 3 nitrogen and oxygen atoms in total. The zero-order chi connectivity index (χ0) is 14.9. The lowest BCUT2D eigenvalue weighted by molar-refractivity contribution is 0.305. The minimum absolute atomic E-state index is 0.0814. The van der Waals surface area contributed by atoms with Crippen LogP contribution in [0.2, 0.25) is 0 Å². The van der Waals surface area contributed by atoms with Crippen LogP contribution in [0.5, 0.6) is 5.75 Å². The van der Waals surface area contributed by atoms with Crippen molar-refractivity contribution in [2.45, 2.75) is 19.4 Å². The number of nitriles is 1. The Morgan fingerprint density at radius 1 is 1.19 bits per heavy atom. The Labute approximate surface area is 128 Å². The van der Waals surface area contributed by atoms with E-state index in [9.17, 15) is 0 Å². The number of hydrogen-bond acceptors (Lipinski definition) is 4. The third-order valence-corrected chi connectivity index (χ3v) is 3.68. The van der Waals surface area contributed by atoms with Crippen LogP contribution in [-0.4, -0.2) is 11.7 Å². The second-order valence-electron chi connectivity index (χ2n) is 4.30. The van der Waals surface area contributed by atoms with Gasteiger partial charge in [-0.2, -0.15) is 5.26 Å². The maximum Gasteiger partial charge on any atom is 0.124 e. The summed E-state index contributed by atoms with van der Waals surface area (Å²) in [6, 6.07) is 11.6. The van der Waals surface area contributed by atoms with Crippen molar-refractivity contribution in [1.82, 2.24) is 0 Å². The summed E-state index contributed by atoms with van der Waals surface area (Å²) in [5, 5.41) is 19.3. The standard InChI is InChI=1S/C17H15NO2S/c18-10-8-14-4-6-16(7-5-14)20-13-17-15(9-12-21-17)3-1-2-11-19/h4-7,9,12,19H,2,8,11,13H2. The predicted octanol–water partition coefficient (Wildman–Crippen LogP) is 3.13. The van der Waals surface area contributed by atoms with Gasteiger partial charge in [-0.25, -0.2) is 0 Å². The van der Waals surface area contributed by atoms with Gasteiger partial charge in [0.05, 0.1) is 24.0 Å². The van der Waals surface area contributed by atoms with E-state index in [1.165, 1.54) is 0 Å². The average molecular weight is 297 g/mol. The van der Waals surface area contributed by atoms with Crippen LogP contribution in [0, 0.1) is 23.2 Å². The molecule has 1 N–H and O–H groups in total. The third kappa shape index (κ3) is 4.65. The zero-order valence-electron chi connectivity index (χ0n) is 11.5. The van der Waals surface area contributed by atoms with Crippen LogP contribution in [0.25, 0.3) is 0 Å². The number of benzene rings is 1. The summed E-state index contributed by atoms with van der Waals surface area (Å²) < 4.78 is 5.74. The van der Waals surface area contributed by atoms with Crippen molar-refractivity contribution in [3.63, 3.8) is 0 Å². The van der Waals surface area contributed by atoms with Crippen molar-refractivity contribution < 1.29 is 9.84 Å². The number of aliphatic hydroxyl groups excluding tert-OH is 1. The van der Waals surface area contributed by atoms with Crippen molar-refractivity contribution in [3.05, 3.63) is 51.7 Å². The smallest absolute Gasteiger partial charge is 0.124 e. The molecule has 0 atom stereocenters. The highest BCUT2D eigenvalue weighted by Gasteiger charge is 2.03. The van der Waals surface area contributed by atoms with E-state index in [1.54, 1.807) is 11.3 Å². The molecule has 0 aliphatic heterocycles. The lowest BCUT2D eigenvalue weighted by atomic mass is 10.2. The van der Waals surface area contributed by atoms with Crippen molar-refractivity contribution in [2.75, 3.05) is 6.61 Å². The van der Waals surface area contributed by atoms with Gasteiger partial charge in [0.25, 0.3) is 0 Å². The van der Waals surface area contributed by atoms with Crippen molar-refractivity contribution in [3.8, 4) is 23.7 Å². The van der Waals surface area contributed by atoms with E-state index in [1.807, 2.05) is 35.7 Å². The summed E-state index contributed by atoms with van der Waals surface area (Å²) in [5.74, 6) is 6.74. The Kier molecular flexibility index (Phi) is 5.84. The maximum atomic E-state index is 8.73. The molecule has 2 aromatic rings. The lowest BCUT2D eigenvalue weighted by Gasteiger charge is -2.05. The molecule has 0 bridgehead atoms. The van der Waals surface area contributed by atoms with Gasteiger partial charge < -0.3 is 9.84 Å². The Morgan fingerprint density at radius 3 is 2.71 bits per heavy atom. The summed E-state index contributed by atoms with van der Waals surface area (Å²) in [4.78, 5) is 1.07. The molecule has 2 rings (SSSR count). The molecular weight excluding hydrogens is 282 g/mol. The van der Waals surface area contributed by atoms with E-state index in [0.29, 0.717) is 19.4 Å². The van der Waals surface area contributed by atoms with E-state index in [0.717, 1.165) is 21.8 Å². The molecule has 0 amide bonds. The molecule has 0 saturated heterocycles. The normalized spacial score (nSPS) is 9.52. The Hall–Kier alpha value is -2.27. The summed E-state index contributed by atoms with van der Waals surface area (Å²) in [6.07, 6.45) is 0.895. The Morgan fingerprint density at radius 2 is 2.00 bits per heavy atom. The van der Waals surface area contributed by atoms with Crippen LogP contribution >= 0.6 is 11.3 Å². The van der Waals surface area contributed by atoms with E-state index in [2.05, 4.69) is 17.9 Å². The molecule has 1 heterocycles. The predicted molar refractivity (Wildman–Crippen MR) is 83.0 cm³/mol. The molecule has 4 heteroatoms. The van der Waals surface area contributed by atoms with E-state index in [-0.39, 0.29) is 6.61 Å². The van der Waals surface area contributed by atoms with Gasteiger partial charge in [-0.05, 0) is 29.1 Å². The minimum atomic E-state index is 0.0814. The van der Waals surface area contributed by atoms with Gasteiger partial charge in [-0.3, -0.25) is 0 Å². The first-order chi connectivity index (χ1) is 10.3. The Bertz CT molecular complexity index is 671. The first kappa shape index (κ1) is 15.1. The van der Waals surface area contributed by atoms with Gasteiger partial charge in [0.1, 0.15) is 12.4 Å². The molecule has 21 heavy (non-hydrogen) atoms. The van der Waals surface area contributed by atoms with E-state index >= 15 is 0 Å². The number of ether oxygens (including phenoxy) is 1. The van der Waals surface area contributed by atoms with Gasteiger partial charge in [-0.15, -0.1) is 11.3 Å². The van der Waals surface area contributed by atoms with Gasteiger partial charge >= 0.3 is 0 Å². The van der Waals surface area contributed by atoms with Gasteiger partial charge in [0.15, 0.2) is 0 Å². The topological polar surface area (TPSA) is 53.2 Å². The summed E-state index contributed by atoms with van der Waals surface area (Å²) >= 11 is 1.61. The molecule has 0 fully saturated rings. The van der Waals surface area contributed by atoms with Crippen LogP contribution in [0.1, 0.15) is 22.4 Å². The highest BCUT2D eigenvalue weighted by molar-refractivity contribution is 7.10. The molecule has 106 valence electrons. The molecule has 0 spiro atoms. The molecular formula is C17H15NO2S. The van der Waals surface area contributed by atoms with Gasteiger partial charge in [0.2, 0.25) is 0 Å². The minimum Gasteiger partial charge on any atom is -0.488 e. The maximum absolute atomic E-state index is 8.73. The van der Waals surface area contributed by atoms with Crippen LogP contribution in [0.4, 0.5) is 0 Å². The first-order valence-electron chi connectivity index (χ1n) is 6.58. The summed E-state index contributed by atoms with van der Waals surface area (Å²) in [7, 11) is 0. The lowest BCUT2D eigenvalue weighted by Crippen LogP contribution is -1.95. The van der Waals surface area contributed by atoms with Crippen LogP contribution < -0.4 is 4.74 Å². The summed E-state index contributed by atoms with van der Waals surface area (Å²) in [6.45, 7) is 0.552. The molecule has 1 aromatic carbocycles. The van der Waals surface area contributed by atoms with Crippen LogP contribution in [0.3, 0.4) is 0 Å². The Balaban J connectivity index is 1.96. The second-order valence-corrected chi connectivity index (χ2v) is 5.30. The first-order valence-corrected chi connectivity index (χ1v) is 7.46. The quantitative estimate of drug-likeness (QED) is 0.863. The molecule has 0 unspecified atom stereocenters. The SMILES string of the molecule is N#CCc1ccc(OCc2sccc2C#CCCO)cc1. The third-order valence-electron chi connectivity index (χ3n) is 2.78. The molecule has 1 aromatic heterocycles.